The summed E-state index contributed by atoms with van der Waals surface area (Å²) < 4.78 is 38.3. The van der Waals surface area contributed by atoms with E-state index in [4.69, 9.17) is 5.73 Å². The number of β-lactam (4-membered cyclic amide) rings is 1. The molecule has 4 aliphatic rings. The molecule has 4 aliphatic heterocycles. The van der Waals surface area contributed by atoms with Gasteiger partial charge in [0.2, 0.25) is 11.8 Å². The Bertz CT molecular complexity index is 1330. The molecule has 200 valence electrons. The van der Waals surface area contributed by atoms with Crippen LogP contribution in [0, 0.1) is 5.92 Å². The van der Waals surface area contributed by atoms with Crippen LogP contribution in [0.1, 0.15) is 23.2 Å². The second kappa shape index (κ2) is 10.3. The Hall–Kier alpha value is -3.36. The number of primary amides is 1. The average molecular weight is 555 g/mol. The SMILES string of the molecule is NC(=O)c1ccc(NC(=O)N2CCC3C(/C=C4\CCN(CC(F)(F)F)C4=O)=C(C(=O)[O-])N4C(=O)[C@@H]2[C@@H]34)cc1.[Na+]. The molecule has 0 saturated carbocycles. The Morgan fingerprint density at radius 2 is 1.79 bits per heavy atom. The van der Waals surface area contributed by atoms with Crippen molar-refractivity contribution in [3.63, 3.8) is 0 Å². The number of carboxylic acids is 1. The van der Waals surface area contributed by atoms with Crippen molar-refractivity contribution >= 4 is 35.4 Å². The number of hydrogen-bond donors (Lipinski definition) is 2. The third-order valence-corrected chi connectivity index (χ3v) is 7.24. The number of aliphatic carboxylic acids is 1. The number of carbonyl (C=O) groups is 5. The number of amides is 5. The van der Waals surface area contributed by atoms with Crippen LogP contribution in [-0.2, 0) is 14.4 Å². The number of halogens is 3. The van der Waals surface area contributed by atoms with Crippen LogP contribution in [0.25, 0.3) is 0 Å². The predicted octanol–water partition coefficient (Wildman–Crippen LogP) is -3.04. The first kappa shape index (κ1) is 28.6. The smallest absolute Gasteiger partial charge is 0.543 e. The zero-order chi connectivity index (χ0) is 27.5. The van der Waals surface area contributed by atoms with Gasteiger partial charge in [0, 0.05) is 35.8 Å². The summed E-state index contributed by atoms with van der Waals surface area (Å²) in [6, 6.07) is 3.50. The maximum absolute atomic E-state index is 13.0. The van der Waals surface area contributed by atoms with Gasteiger partial charge in [0.15, 0.2) is 0 Å². The molecule has 0 aliphatic carbocycles. The van der Waals surface area contributed by atoms with Crippen LogP contribution in [0.5, 0.6) is 0 Å². The standard InChI is InChI=1S/C24H22F3N5O6.Na/c25-24(26,27)10-30-7-5-12(20(30)34)9-15-14-6-8-31(18-16(14)32(21(18)35)17(15)22(36)37)23(38)29-13-3-1-11(2-4-13)19(28)33;/h1-4,9,14,16,18H,5-8,10H2,(H2,28,33)(H,29,38)(H,36,37);/q;+1/p-1/b12-9+;/t14?,16-,18+;/m1./s1. The number of hydrogen-bond acceptors (Lipinski definition) is 6. The molecule has 0 spiro atoms. The number of carbonyl (C=O) groups excluding carboxylic acids is 5. The van der Waals surface area contributed by atoms with Crippen LogP contribution in [0.3, 0.4) is 0 Å². The number of alkyl halides is 3. The maximum atomic E-state index is 13.0. The van der Waals surface area contributed by atoms with Gasteiger partial charge in [-0.3, -0.25) is 14.4 Å². The van der Waals surface area contributed by atoms with Crippen LogP contribution in [0.15, 0.2) is 47.2 Å². The molecule has 0 bridgehead atoms. The normalized spacial score (nSPS) is 24.9. The fourth-order valence-electron chi connectivity index (χ4n) is 5.60. The number of nitrogens with two attached hydrogens (primary N) is 1. The fraction of sp³-hybridized carbons (Fsp3) is 0.375. The molecule has 39 heavy (non-hydrogen) atoms. The minimum atomic E-state index is -4.57. The number of anilines is 1. The molecule has 5 rings (SSSR count). The van der Waals surface area contributed by atoms with E-state index >= 15 is 0 Å². The van der Waals surface area contributed by atoms with E-state index in [0.29, 0.717) is 10.6 Å². The molecule has 4 heterocycles. The van der Waals surface area contributed by atoms with Crippen LogP contribution in [0.4, 0.5) is 23.7 Å². The van der Waals surface area contributed by atoms with Crippen molar-refractivity contribution in [1.29, 1.82) is 0 Å². The first-order valence-corrected chi connectivity index (χ1v) is 11.7. The number of piperidine rings is 1. The second-order valence-electron chi connectivity index (χ2n) is 9.46. The third-order valence-electron chi connectivity index (χ3n) is 7.24. The minimum absolute atomic E-state index is 0. The summed E-state index contributed by atoms with van der Waals surface area (Å²) in [5.41, 5.74) is 5.53. The summed E-state index contributed by atoms with van der Waals surface area (Å²) >= 11 is 0. The zero-order valence-electron chi connectivity index (χ0n) is 20.7. The van der Waals surface area contributed by atoms with Crippen molar-refractivity contribution in [2.75, 3.05) is 25.0 Å². The molecule has 15 heteroatoms. The summed E-state index contributed by atoms with van der Waals surface area (Å²) in [6.45, 7) is -1.49. The number of rotatable bonds is 5. The molecule has 1 unspecified atom stereocenters. The van der Waals surface area contributed by atoms with Crippen molar-refractivity contribution in [3.8, 4) is 0 Å². The fourth-order valence-corrected chi connectivity index (χ4v) is 5.60. The Labute approximate surface area is 241 Å². The number of nitrogens with one attached hydrogen (secondary N) is 1. The first-order chi connectivity index (χ1) is 17.9. The van der Waals surface area contributed by atoms with Crippen LogP contribution in [-0.4, -0.2) is 82.3 Å². The van der Waals surface area contributed by atoms with Gasteiger partial charge in [-0.15, -0.1) is 0 Å². The van der Waals surface area contributed by atoms with E-state index in [-0.39, 0.29) is 72.2 Å². The third kappa shape index (κ3) is 5.03. The number of likely N-dealkylation sites (tertiary alicyclic amines) is 2. The molecular formula is C24H21F3N5NaO6. The molecule has 3 saturated heterocycles. The van der Waals surface area contributed by atoms with E-state index < -0.39 is 66.1 Å². The van der Waals surface area contributed by atoms with Crippen molar-refractivity contribution < 1.29 is 71.8 Å². The Morgan fingerprint density at radius 1 is 1.13 bits per heavy atom. The van der Waals surface area contributed by atoms with Gasteiger partial charge in [0.05, 0.1) is 17.7 Å². The Balaban J connectivity index is 0.00000353. The molecule has 3 atom stereocenters. The van der Waals surface area contributed by atoms with Crippen molar-refractivity contribution in [3.05, 3.63) is 52.7 Å². The molecule has 0 radical (unpaired) electrons. The maximum Gasteiger partial charge on any atom is 1.00 e. The van der Waals surface area contributed by atoms with E-state index in [1.165, 1.54) is 35.2 Å². The Morgan fingerprint density at radius 3 is 2.38 bits per heavy atom. The predicted molar refractivity (Wildman–Crippen MR) is 121 cm³/mol. The van der Waals surface area contributed by atoms with Crippen LogP contribution in [0.2, 0.25) is 0 Å². The quantitative estimate of drug-likeness (QED) is 0.224. The minimum Gasteiger partial charge on any atom is -0.543 e. The molecular weight excluding hydrogens is 534 g/mol. The molecule has 3 fully saturated rings. The molecule has 5 amide bonds. The van der Waals surface area contributed by atoms with Gasteiger partial charge in [-0.2, -0.15) is 13.2 Å². The van der Waals surface area contributed by atoms with E-state index in [1.54, 1.807) is 0 Å². The summed E-state index contributed by atoms with van der Waals surface area (Å²) in [5, 5.41) is 14.6. The van der Waals surface area contributed by atoms with Crippen LogP contribution < -0.4 is 45.7 Å². The topological polar surface area (TPSA) is 156 Å². The summed E-state index contributed by atoms with van der Waals surface area (Å²) in [7, 11) is 0. The monoisotopic (exact) mass is 555 g/mol. The molecule has 11 nitrogen and oxygen atoms in total. The summed E-state index contributed by atoms with van der Waals surface area (Å²) in [4.78, 5) is 64.8. The summed E-state index contributed by atoms with van der Waals surface area (Å²) in [6.07, 6.45) is -3.06. The van der Waals surface area contributed by atoms with E-state index in [9.17, 15) is 42.3 Å². The molecule has 1 aromatic rings. The van der Waals surface area contributed by atoms with Gasteiger partial charge in [-0.05, 0) is 48.8 Å². The van der Waals surface area contributed by atoms with Gasteiger partial charge in [0.1, 0.15) is 12.6 Å². The van der Waals surface area contributed by atoms with Gasteiger partial charge in [0.25, 0.3) is 5.91 Å². The largest absolute Gasteiger partial charge is 1.00 e. The number of carboxylic acid groups (broad SMARTS) is 1. The second-order valence-corrected chi connectivity index (χ2v) is 9.46. The molecule has 3 N–H and O–H groups in total. The van der Waals surface area contributed by atoms with E-state index in [2.05, 4.69) is 5.32 Å². The average Bonchev–Trinajstić information content (AvgIpc) is 3.34. The van der Waals surface area contributed by atoms with Gasteiger partial charge < -0.3 is 35.7 Å². The zero-order valence-corrected chi connectivity index (χ0v) is 22.7. The van der Waals surface area contributed by atoms with Crippen molar-refractivity contribution in [1.82, 2.24) is 14.7 Å². The Kier molecular flexibility index (Phi) is 7.58. The van der Waals surface area contributed by atoms with Gasteiger partial charge in [-0.1, -0.05) is 0 Å². The van der Waals surface area contributed by atoms with Crippen molar-refractivity contribution in [2.45, 2.75) is 31.1 Å². The number of nitrogens with zero attached hydrogens (tertiary/aromatic N) is 3. The van der Waals surface area contributed by atoms with Gasteiger partial charge in [-0.25, -0.2) is 4.79 Å². The number of benzene rings is 1. The van der Waals surface area contributed by atoms with Crippen LogP contribution >= 0.6 is 0 Å². The first-order valence-electron chi connectivity index (χ1n) is 11.7. The van der Waals surface area contributed by atoms with E-state index in [1.807, 2.05) is 0 Å². The summed E-state index contributed by atoms with van der Waals surface area (Å²) in [5.74, 6) is -4.31. The molecule has 0 aromatic heterocycles. The number of urea groups is 1. The van der Waals surface area contributed by atoms with Gasteiger partial charge >= 0.3 is 41.8 Å². The van der Waals surface area contributed by atoms with Crippen molar-refractivity contribution in [2.24, 2.45) is 11.7 Å². The van der Waals surface area contributed by atoms with E-state index in [0.717, 1.165) is 4.90 Å². The molecule has 1 aromatic carbocycles. The number of allylic oxidation sites excluding steroid dienone is 1.